The van der Waals surface area contributed by atoms with Gasteiger partial charge in [-0.2, -0.15) is 4.57 Å². The van der Waals surface area contributed by atoms with Crippen LogP contribution in [-0.2, 0) is 11.3 Å². The number of benzene rings is 1. The van der Waals surface area contributed by atoms with Crippen LogP contribution < -0.4 is 15.6 Å². The second-order valence-corrected chi connectivity index (χ2v) is 7.16. The van der Waals surface area contributed by atoms with Crippen molar-refractivity contribution in [1.82, 2.24) is 15.3 Å². The first-order valence-electron chi connectivity index (χ1n) is 10.3. The number of amides is 1. The predicted molar refractivity (Wildman–Crippen MR) is 117 cm³/mol. The summed E-state index contributed by atoms with van der Waals surface area (Å²) in [4.78, 5) is 19.2. The number of fused-ring (bicyclic) bond motifs is 1. The zero-order chi connectivity index (χ0) is 20.5. The lowest BCUT2D eigenvalue weighted by molar-refractivity contribution is -0.673. The fourth-order valence-electron chi connectivity index (χ4n) is 3.41. The van der Waals surface area contributed by atoms with Gasteiger partial charge in [0.15, 0.2) is 0 Å². The Morgan fingerprint density at radius 2 is 2.03 bits per heavy atom. The molecule has 0 fully saturated rings. The minimum Gasteiger partial charge on any atom is -0.355 e. The number of nitrogens with zero attached hydrogens (tertiary/aromatic N) is 2. The van der Waals surface area contributed by atoms with Crippen molar-refractivity contribution in [2.24, 2.45) is 5.73 Å². The Kier molecular flexibility index (Phi) is 7.53. The van der Waals surface area contributed by atoms with Crippen molar-refractivity contribution in [3.8, 4) is 0 Å². The van der Waals surface area contributed by atoms with Gasteiger partial charge in [-0.25, -0.2) is 4.98 Å². The number of carbonyl (C=O) groups excluding carboxylic acids is 1. The van der Waals surface area contributed by atoms with E-state index in [1.54, 1.807) is 6.33 Å². The van der Waals surface area contributed by atoms with E-state index in [-0.39, 0.29) is 5.91 Å². The van der Waals surface area contributed by atoms with E-state index in [4.69, 9.17) is 5.73 Å². The molecular weight excluding hydrogens is 362 g/mol. The van der Waals surface area contributed by atoms with Crippen LogP contribution in [0.25, 0.3) is 23.1 Å². The summed E-state index contributed by atoms with van der Waals surface area (Å²) in [6.45, 7) is 3.96. The summed E-state index contributed by atoms with van der Waals surface area (Å²) in [6, 6.07) is 12.7. The summed E-state index contributed by atoms with van der Waals surface area (Å²) < 4.78 is 2.35. The van der Waals surface area contributed by atoms with Crippen LogP contribution in [0, 0.1) is 6.92 Å². The third-order valence-corrected chi connectivity index (χ3v) is 5.01. The Morgan fingerprint density at radius 1 is 1.17 bits per heavy atom. The lowest BCUT2D eigenvalue weighted by Crippen LogP contribution is -2.38. The molecule has 2 aromatic heterocycles. The summed E-state index contributed by atoms with van der Waals surface area (Å²) in [5.41, 5.74) is 9.78. The number of H-pyrrole nitrogens is 1. The number of hydrogen-bond donors (Lipinski definition) is 3. The number of hydrogen-bond acceptors (Lipinski definition) is 3. The first kappa shape index (κ1) is 20.7. The highest BCUT2D eigenvalue weighted by Gasteiger charge is 2.13. The number of para-hydroxylation sites is 1. The molecule has 3 rings (SSSR count). The molecule has 6 heteroatoms. The van der Waals surface area contributed by atoms with E-state index in [0.717, 1.165) is 42.9 Å². The average Bonchev–Trinajstić information content (AvgIpc) is 3.15. The van der Waals surface area contributed by atoms with Gasteiger partial charge in [-0.1, -0.05) is 12.1 Å². The summed E-state index contributed by atoms with van der Waals surface area (Å²) in [6.07, 6.45) is 9.36. The van der Waals surface area contributed by atoms with Gasteiger partial charge < -0.3 is 16.0 Å². The molecule has 0 aliphatic heterocycles. The van der Waals surface area contributed by atoms with E-state index in [9.17, 15) is 4.79 Å². The van der Waals surface area contributed by atoms with Crippen molar-refractivity contribution in [1.29, 1.82) is 0 Å². The number of nitrogens with one attached hydrogen (secondary N) is 2. The minimum atomic E-state index is 0.0891. The lowest BCUT2D eigenvalue weighted by Gasteiger charge is -2.06. The van der Waals surface area contributed by atoms with Gasteiger partial charge in [0, 0.05) is 55.2 Å². The van der Waals surface area contributed by atoms with Crippen LogP contribution in [0.4, 0.5) is 0 Å². The third-order valence-electron chi connectivity index (χ3n) is 5.01. The van der Waals surface area contributed by atoms with Crippen LogP contribution in [0.15, 0.2) is 42.7 Å². The van der Waals surface area contributed by atoms with E-state index in [1.165, 1.54) is 10.9 Å². The maximum Gasteiger partial charge on any atom is 0.220 e. The van der Waals surface area contributed by atoms with E-state index in [2.05, 4.69) is 62.3 Å². The average molecular weight is 393 g/mol. The lowest BCUT2D eigenvalue weighted by atomic mass is 10.1. The second kappa shape index (κ2) is 10.5. The zero-order valence-corrected chi connectivity index (χ0v) is 17.0. The summed E-state index contributed by atoms with van der Waals surface area (Å²) in [5, 5.41) is 4.05. The van der Waals surface area contributed by atoms with Crippen molar-refractivity contribution in [3.63, 3.8) is 0 Å². The molecule has 0 aliphatic carbocycles. The molecule has 0 unspecified atom stereocenters. The molecule has 0 atom stereocenters. The standard InChI is InChI=1S/C23H29N5O/c1-18-21(27-17-26-18)13-12-20-11-10-19-7-4-5-8-22(19)28(20)16-6-2-3-9-23(29)25-15-14-24/h4-5,7-8,10-13,17H,2-3,6,9,14-16,24H2,1H3,(H,25,29)/p+1. The van der Waals surface area contributed by atoms with E-state index in [0.29, 0.717) is 19.5 Å². The molecule has 0 saturated heterocycles. The van der Waals surface area contributed by atoms with Crippen molar-refractivity contribution in [2.75, 3.05) is 13.1 Å². The Bertz CT molecular complexity index is 976. The molecule has 4 N–H and O–H groups in total. The number of rotatable bonds is 10. The molecule has 0 bridgehead atoms. The van der Waals surface area contributed by atoms with Crippen LogP contribution in [-0.4, -0.2) is 29.0 Å². The maximum atomic E-state index is 11.7. The normalized spacial score (nSPS) is 11.4. The highest BCUT2D eigenvalue weighted by atomic mass is 16.1. The maximum absolute atomic E-state index is 11.7. The predicted octanol–water partition coefficient (Wildman–Crippen LogP) is 2.96. The quantitative estimate of drug-likeness (QED) is 0.366. The summed E-state index contributed by atoms with van der Waals surface area (Å²) in [5.74, 6) is 0.0891. The van der Waals surface area contributed by atoms with Gasteiger partial charge >= 0.3 is 0 Å². The molecule has 6 nitrogen and oxygen atoms in total. The van der Waals surface area contributed by atoms with Crippen molar-refractivity contribution >= 4 is 29.0 Å². The van der Waals surface area contributed by atoms with Crippen molar-refractivity contribution in [3.05, 3.63) is 59.8 Å². The molecule has 3 aromatic rings. The van der Waals surface area contributed by atoms with Gasteiger partial charge in [0.05, 0.1) is 12.0 Å². The van der Waals surface area contributed by atoms with Crippen LogP contribution in [0.5, 0.6) is 0 Å². The summed E-state index contributed by atoms with van der Waals surface area (Å²) >= 11 is 0. The highest BCUT2D eigenvalue weighted by molar-refractivity contribution is 5.77. The monoisotopic (exact) mass is 392 g/mol. The van der Waals surface area contributed by atoms with Crippen molar-refractivity contribution < 1.29 is 9.36 Å². The Labute approximate surface area is 171 Å². The van der Waals surface area contributed by atoms with Gasteiger partial charge in [-0.05, 0) is 38.0 Å². The van der Waals surface area contributed by atoms with Crippen LogP contribution in [0.3, 0.4) is 0 Å². The smallest absolute Gasteiger partial charge is 0.220 e. The number of unbranched alkanes of at least 4 members (excludes halogenated alkanes) is 2. The van der Waals surface area contributed by atoms with Gasteiger partial charge in [0.1, 0.15) is 6.54 Å². The van der Waals surface area contributed by atoms with Gasteiger partial charge in [0.2, 0.25) is 17.1 Å². The van der Waals surface area contributed by atoms with Crippen LogP contribution >= 0.6 is 0 Å². The first-order valence-corrected chi connectivity index (χ1v) is 10.3. The molecule has 2 heterocycles. The first-order chi connectivity index (χ1) is 14.2. The van der Waals surface area contributed by atoms with E-state index >= 15 is 0 Å². The number of nitrogens with two attached hydrogens (primary N) is 1. The Balaban J connectivity index is 1.69. The third kappa shape index (κ3) is 5.74. The zero-order valence-electron chi connectivity index (χ0n) is 17.0. The number of carbonyl (C=O) groups is 1. The van der Waals surface area contributed by atoms with Gasteiger partial charge in [-0.3, -0.25) is 4.79 Å². The van der Waals surface area contributed by atoms with E-state index < -0.39 is 0 Å². The Morgan fingerprint density at radius 3 is 2.83 bits per heavy atom. The van der Waals surface area contributed by atoms with Crippen molar-refractivity contribution in [2.45, 2.75) is 39.2 Å². The molecule has 1 amide bonds. The SMILES string of the molecule is Cc1[nH]cnc1/C=C/c1ccc2ccccc2[n+]1CCCCCC(=O)NCCN. The molecule has 152 valence electrons. The summed E-state index contributed by atoms with van der Waals surface area (Å²) in [7, 11) is 0. The molecule has 0 saturated carbocycles. The Hall–Kier alpha value is -2.99. The molecule has 29 heavy (non-hydrogen) atoms. The number of aryl methyl sites for hydroxylation is 2. The van der Waals surface area contributed by atoms with Gasteiger partial charge in [0.25, 0.3) is 0 Å². The second-order valence-electron chi connectivity index (χ2n) is 7.16. The molecule has 0 aliphatic rings. The van der Waals surface area contributed by atoms with Crippen LogP contribution in [0.2, 0.25) is 0 Å². The molecule has 0 radical (unpaired) electrons. The highest BCUT2D eigenvalue weighted by Crippen LogP contribution is 2.14. The number of imidazole rings is 1. The fourth-order valence-corrected chi connectivity index (χ4v) is 3.41. The fraction of sp³-hybridized carbons (Fsp3) is 0.348. The molecule has 1 aromatic carbocycles. The number of aromatic nitrogens is 3. The topological polar surface area (TPSA) is 87.7 Å². The molecular formula is C23H30N5O+. The number of aromatic amines is 1. The van der Waals surface area contributed by atoms with E-state index in [1.807, 2.05) is 13.0 Å². The minimum absolute atomic E-state index is 0.0891. The largest absolute Gasteiger partial charge is 0.355 e. The molecule has 0 spiro atoms. The van der Waals surface area contributed by atoms with Gasteiger partial charge in [-0.15, -0.1) is 0 Å². The number of pyridine rings is 1. The van der Waals surface area contributed by atoms with Crippen LogP contribution in [0.1, 0.15) is 42.8 Å².